The minimum atomic E-state index is -0.605. The summed E-state index contributed by atoms with van der Waals surface area (Å²) in [4.78, 5) is 12.1. The van der Waals surface area contributed by atoms with Crippen LogP contribution in [0.3, 0.4) is 0 Å². The van der Waals surface area contributed by atoms with Crippen LogP contribution in [0.25, 0.3) is 0 Å². The highest BCUT2D eigenvalue weighted by molar-refractivity contribution is 8.00. The molecule has 1 N–H and O–H groups in total. The number of carbonyl (C=O) groups is 1. The van der Waals surface area contributed by atoms with E-state index in [0.29, 0.717) is 5.13 Å². The zero-order valence-corrected chi connectivity index (χ0v) is 14.0. The van der Waals surface area contributed by atoms with E-state index in [4.69, 9.17) is 4.74 Å². The second kappa shape index (κ2) is 6.91. The van der Waals surface area contributed by atoms with Crippen LogP contribution in [0, 0.1) is 13.8 Å². The summed E-state index contributed by atoms with van der Waals surface area (Å²) >= 11 is 2.84. The summed E-state index contributed by atoms with van der Waals surface area (Å²) in [5, 5.41) is 11.0. The Balaban J connectivity index is 2.00. The van der Waals surface area contributed by atoms with Gasteiger partial charge >= 0.3 is 0 Å². The van der Waals surface area contributed by atoms with Crippen LogP contribution in [0.4, 0.5) is 5.13 Å². The van der Waals surface area contributed by atoms with Gasteiger partial charge in [0.05, 0.1) is 0 Å². The molecule has 0 bridgehead atoms. The van der Waals surface area contributed by atoms with Crippen LogP contribution in [-0.4, -0.2) is 28.5 Å². The van der Waals surface area contributed by atoms with Crippen molar-refractivity contribution < 1.29 is 9.53 Å². The smallest absolute Gasteiger partial charge is 0.266 e. The zero-order valence-electron chi connectivity index (χ0n) is 12.3. The summed E-state index contributed by atoms with van der Waals surface area (Å²) in [6.07, 6.45) is 1.31. The highest BCUT2D eigenvalue weighted by Gasteiger charge is 2.17. The molecule has 1 aromatic carbocycles. The quantitative estimate of drug-likeness (QED) is 0.676. The predicted octanol–water partition coefficient (Wildman–Crippen LogP) is 3.28. The van der Waals surface area contributed by atoms with E-state index in [2.05, 4.69) is 15.5 Å². The van der Waals surface area contributed by atoms with Crippen molar-refractivity contribution in [3.63, 3.8) is 0 Å². The molecule has 0 spiro atoms. The van der Waals surface area contributed by atoms with Gasteiger partial charge in [-0.15, -0.1) is 10.2 Å². The van der Waals surface area contributed by atoms with Crippen LogP contribution >= 0.6 is 23.1 Å². The van der Waals surface area contributed by atoms with E-state index < -0.39 is 6.10 Å². The van der Waals surface area contributed by atoms with Crippen molar-refractivity contribution in [2.24, 2.45) is 0 Å². The van der Waals surface area contributed by atoms with Crippen LogP contribution in [0.5, 0.6) is 5.75 Å². The Morgan fingerprint density at radius 2 is 2.14 bits per heavy atom. The molecule has 0 aliphatic heterocycles. The Morgan fingerprint density at radius 1 is 1.38 bits per heavy atom. The Hall–Kier alpha value is -1.60. The van der Waals surface area contributed by atoms with Gasteiger partial charge < -0.3 is 4.74 Å². The summed E-state index contributed by atoms with van der Waals surface area (Å²) in [5.74, 6) is 0.486. The standard InChI is InChI=1S/C14H17N3O2S2/c1-8-5-6-9(2)11(7-8)19-10(3)12(18)15-13-16-17-14(20-4)21-13/h5-7,10H,1-4H3,(H,15,16,18)/t10-/m0/s1. The minimum Gasteiger partial charge on any atom is -0.481 e. The number of aryl methyl sites for hydroxylation is 2. The van der Waals surface area contributed by atoms with E-state index in [1.165, 1.54) is 23.1 Å². The van der Waals surface area contributed by atoms with Crippen LogP contribution < -0.4 is 10.1 Å². The third-order valence-electron chi connectivity index (χ3n) is 2.83. The Labute approximate surface area is 132 Å². The van der Waals surface area contributed by atoms with Gasteiger partial charge in [-0.05, 0) is 44.2 Å². The second-order valence-corrected chi connectivity index (χ2v) is 6.63. The number of thioether (sulfide) groups is 1. The van der Waals surface area contributed by atoms with E-state index in [9.17, 15) is 4.79 Å². The van der Waals surface area contributed by atoms with E-state index in [0.717, 1.165) is 21.2 Å². The van der Waals surface area contributed by atoms with Gasteiger partial charge in [0.2, 0.25) is 5.13 Å². The van der Waals surface area contributed by atoms with Gasteiger partial charge in [0.1, 0.15) is 5.75 Å². The van der Waals surface area contributed by atoms with E-state index in [-0.39, 0.29) is 5.91 Å². The molecule has 1 aromatic heterocycles. The van der Waals surface area contributed by atoms with Crippen LogP contribution in [0.1, 0.15) is 18.1 Å². The third-order valence-corrected chi connectivity index (χ3v) is 4.64. The summed E-state index contributed by atoms with van der Waals surface area (Å²) in [5.41, 5.74) is 2.10. The highest BCUT2D eigenvalue weighted by atomic mass is 32.2. The number of benzene rings is 1. The van der Waals surface area contributed by atoms with Crippen molar-refractivity contribution in [1.29, 1.82) is 0 Å². The first-order valence-corrected chi connectivity index (χ1v) is 8.46. The predicted molar refractivity (Wildman–Crippen MR) is 86.3 cm³/mol. The number of ether oxygens (including phenoxy) is 1. The molecule has 0 aliphatic carbocycles. The molecule has 7 heteroatoms. The molecule has 1 atom stereocenters. The fraction of sp³-hybridized carbons (Fsp3) is 0.357. The molecule has 0 unspecified atom stereocenters. The monoisotopic (exact) mass is 323 g/mol. The Bertz CT molecular complexity index is 643. The first-order valence-electron chi connectivity index (χ1n) is 6.42. The van der Waals surface area contributed by atoms with Gasteiger partial charge in [-0.1, -0.05) is 35.2 Å². The van der Waals surface area contributed by atoms with Crippen LogP contribution in [-0.2, 0) is 4.79 Å². The normalized spacial score (nSPS) is 12.0. The maximum atomic E-state index is 12.1. The van der Waals surface area contributed by atoms with Gasteiger partial charge in [-0.3, -0.25) is 10.1 Å². The number of amides is 1. The van der Waals surface area contributed by atoms with E-state index in [1.54, 1.807) is 6.92 Å². The fourth-order valence-electron chi connectivity index (χ4n) is 1.63. The fourth-order valence-corrected chi connectivity index (χ4v) is 2.80. The summed E-state index contributed by atoms with van der Waals surface area (Å²) in [7, 11) is 0. The molecule has 1 heterocycles. The Morgan fingerprint density at radius 3 is 2.81 bits per heavy atom. The van der Waals surface area contributed by atoms with Crippen molar-refractivity contribution in [2.75, 3.05) is 11.6 Å². The van der Waals surface area contributed by atoms with Crippen molar-refractivity contribution in [3.8, 4) is 5.75 Å². The number of nitrogens with zero attached hydrogens (tertiary/aromatic N) is 2. The molecule has 21 heavy (non-hydrogen) atoms. The molecule has 0 saturated heterocycles. The maximum Gasteiger partial charge on any atom is 0.266 e. The zero-order chi connectivity index (χ0) is 15.4. The number of carbonyl (C=O) groups excluding carboxylic acids is 1. The van der Waals surface area contributed by atoms with Crippen LogP contribution in [0.2, 0.25) is 0 Å². The van der Waals surface area contributed by atoms with Crippen molar-refractivity contribution in [2.45, 2.75) is 31.2 Å². The lowest BCUT2D eigenvalue weighted by Crippen LogP contribution is -2.30. The molecule has 2 rings (SSSR count). The second-order valence-electron chi connectivity index (χ2n) is 4.60. The number of hydrogen-bond acceptors (Lipinski definition) is 6. The van der Waals surface area contributed by atoms with Crippen molar-refractivity contribution in [1.82, 2.24) is 10.2 Å². The lowest BCUT2D eigenvalue weighted by atomic mass is 10.1. The number of aromatic nitrogens is 2. The molecule has 112 valence electrons. The average Bonchev–Trinajstić information content (AvgIpc) is 2.90. The number of nitrogens with one attached hydrogen (secondary N) is 1. The topological polar surface area (TPSA) is 64.1 Å². The van der Waals surface area contributed by atoms with Gasteiger partial charge in [0.15, 0.2) is 10.4 Å². The van der Waals surface area contributed by atoms with Gasteiger partial charge in [-0.25, -0.2) is 0 Å². The number of rotatable bonds is 5. The van der Waals surface area contributed by atoms with Crippen molar-refractivity contribution in [3.05, 3.63) is 29.3 Å². The molecule has 0 saturated carbocycles. The number of anilines is 1. The molecule has 0 radical (unpaired) electrons. The molecule has 0 aliphatic rings. The van der Waals surface area contributed by atoms with E-state index in [1.807, 2.05) is 38.3 Å². The molecule has 0 fully saturated rings. The third kappa shape index (κ3) is 4.18. The average molecular weight is 323 g/mol. The van der Waals surface area contributed by atoms with Gasteiger partial charge in [0.25, 0.3) is 5.91 Å². The Kier molecular flexibility index (Phi) is 5.19. The van der Waals surface area contributed by atoms with Crippen molar-refractivity contribution >= 4 is 34.1 Å². The summed E-state index contributed by atoms with van der Waals surface area (Å²) in [6.45, 7) is 5.66. The van der Waals surface area contributed by atoms with Gasteiger partial charge in [-0.2, -0.15) is 0 Å². The lowest BCUT2D eigenvalue weighted by Gasteiger charge is -2.15. The van der Waals surface area contributed by atoms with E-state index >= 15 is 0 Å². The maximum absolute atomic E-state index is 12.1. The lowest BCUT2D eigenvalue weighted by molar-refractivity contribution is -0.122. The minimum absolute atomic E-state index is 0.236. The molecule has 1 amide bonds. The molecular formula is C14H17N3O2S2. The SMILES string of the molecule is CSc1nnc(NC(=O)[C@H](C)Oc2cc(C)ccc2C)s1. The van der Waals surface area contributed by atoms with Crippen LogP contribution in [0.15, 0.2) is 22.5 Å². The largest absolute Gasteiger partial charge is 0.481 e. The van der Waals surface area contributed by atoms with Gasteiger partial charge in [0, 0.05) is 0 Å². The first-order chi connectivity index (χ1) is 9.99. The molecular weight excluding hydrogens is 306 g/mol. The summed E-state index contributed by atoms with van der Waals surface area (Å²) in [6, 6.07) is 5.92. The highest BCUT2D eigenvalue weighted by Crippen LogP contribution is 2.24. The first kappa shape index (κ1) is 15.8. The molecule has 5 nitrogen and oxygen atoms in total. The number of hydrogen-bond donors (Lipinski definition) is 1. The summed E-state index contributed by atoms with van der Waals surface area (Å²) < 4.78 is 6.55. The molecule has 2 aromatic rings.